The summed E-state index contributed by atoms with van der Waals surface area (Å²) in [6.07, 6.45) is -0.223. The summed E-state index contributed by atoms with van der Waals surface area (Å²) < 4.78 is 28.8. The summed E-state index contributed by atoms with van der Waals surface area (Å²) in [5.74, 6) is -0.633. The van der Waals surface area contributed by atoms with E-state index in [1.165, 1.54) is 7.11 Å². The number of carbonyl (C=O) groups excluding carboxylic acids is 1. The molecule has 0 heterocycles. The van der Waals surface area contributed by atoms with Crippen molar-refractivity contribution in [1.82, 2.24) is 0 Å². The summed E-state index contributed by atoms with van der Waals surface area (Å²) in [6, 6.07) is 18.6. The molecule has 0 spiro atoms. The molecular weight excluding hydrogens is 339 g/mol. The Balaban J connectivity index is 2.07. The zero-order chi connectivity index (χ0) is 18.1. The Morgan fingerprint density at radius 2 is 1.36 bits per heavy atom. The lowest BCUT2D eigenvalue weighted by Crippen LogP contribution is -2.10. The maximum absolute atomic E-state index is 13.1. The van der Waals surface area contributed by atoms with E-state index in [1.54, 1.807) is 0 Å². The van der Waals surface area contributed by atoms with Crippen LogP contribution in [0.5, 0.6) is 0 Å². The van der Waals surface area contributed by atoms with Gasteiger partial charge in [-0.25, -0.2) is 4.79 Å². The average Bonchev–Trinajstić information content (AvgIpc) is 2.66. The Morgan fingerprint density at radius 1 is 0.920 bits per heavy atom. The Morgan fingerprint density at radius 3 is 1.76 bits per heavy atom. The second kappa shape index (κ2) is 9.33. The van der Waals surface area contributed by atoms with Gasteiger partial charge in [0, 0.05) is 5.57 Å². The number of ether oxygens (including phenoxy) is 1. The topological polar surface area (TPSA) is 61.8 Å². The van der Waals surface area contributed by atoms with Crippen LogP contribution in [0.15, 0.2) is 72.8 Å². The summed E-state index contributed by atoms with van der Waals surface area (Å²) in [6.45, 7) is 3.84. The molecular formula is C19H21O5P. The van der Waals surface area contributed by atoms with Crippen molar-refractivity contribution in [2.24, 2.45) is 0 Å². The van der Waals surface area contributed by atoms with Crippen molar-refractivity contribution in [3.05, 3.63) is 83.9 Å². The Hall–Kier alpha value is -2.20. The van der Waals surface area contributed by atoms with Gasteiger partial charge in [-0.05, 0) is 11.1 Å². The van der Waals surface area contributed by atoms with Gasteiger partial charge in [0.1, 0.15) is 0 Å². The Kier molecular flexibility index (Phi) is 7.14. The lowest BCUT2D eigenvalue weighted by Gasteiger charge is -2.19. The van der Waals surface area contributed by atoms with Gasteiger partial charge in [-0.15, -0.1) is 0 Å². The van der Waals surface area contributed by atoms with Gasteiger partial charge in [0.15, 0.2) is 0 Å². The number of rotatable bonds is 9. The van der Waals surface area contributed by atoms with E-state index in [-0.39, 0.29) is 24.9 Å². The number of carbonyl (C=O) groups is 1. The van der Waals surface area contributed by atoms with E-state index in [4.69, 9.17) is 9.05 Å². The highest BCUT2D eigenvalue weighted by molar-refractivity contribution is 7.54. The second-order valence-electron chi connectivity index (χ2n) is 5.38. The maximum atomic E-state index is 13.1. The molecule has 0 bridgehead atoms. The third kappa shape index (κ3) is 6.31. The molecule has 0 aromatic heterocycles. The molecule has 0 fully saturated rings. The van der Waals surface area contributed by atoms with Crippen LogP contribution >= 0.6 is 7.60 Å². The number of hydrogen-bond acceptors (Lipinski definition) is 5. The molecule has 0 N–H and O–H groups in total. The zero-order valence-electron chi connectivity index (χ0n) is 14.1. The van der Waals surface area contributed by atoms with Crippen molar-refractivity contribution in [2.45, 2.75) is 13.2 Å². The van der Waals surface area contributed by atoms with Crippen LogP contribution in [0.3, 0.4) is 0 Å². The van der Waals surface area contributed by atoms with Gasteiger partial charge in [-0.1, -0.05) is 67.2 Å². The first-order valence-corrected chi connectivity index (χ1v) is 9.47. The molecule has 2 rings (SSSR count). The smallest absolute Gasteiger partial charge is 0.335 e. The van der Waals surface area contributed by atoms with Crippen molar-refractivity contribution in [2.75, 3.05) is 13.3 Å². The van der Waals surface area contributed by atoms with Gasteiger partial charge in [-0.3, -0.25) is 4.57 Å². The first-order chi connectivity index (χ1) is 12.0. The molecule has 0 aliphatic carbocycles. The third-order valence-electron chi connectivity index (χ3n) is 3.40. The molecule has 0 aliphatic rings. The molecule has 0 saturated carbocycles. The third-order valence-corrected chi connectivity index (χ3v) is 5.21. The van der Waals surface area contributed by atoms with Crippen LogP contribution in [-0.2, 0) is 36.4 Å². The van der Waals surface area contributed by atoms with Gasteiger partial charge in [0.25, 0.3) is 0 Å². The van der Waals surface area contributed by atoms with Crippen molar-refractivity contribution >= 4 is 13.6 Å². The first kappa shape index (κ1) is 19.1. The SMILES string of the molecule is C=C(CP(=O)(OCc1ccccc1)OCc1ccccc1)C(=O)OC. The first-order valence-electron chi connectivity index (χ1n) is 7.74. The van der Waals surface area contributed by atoms with Crippen LogP contribution in [0, 0.1) is 0 Å². The van der Waals surface area contributed by atoms with E-state index < -0.39 is 13.6 Å². The van der Waals surface area contributed by atoms with Crippen molar-refractivity contribution in [3.63, 3.8) is 0 Å². The standard InChI is InChI=1S/C19H21O5P/c1-16(19(20)22-2)15-25(21,23-13-17-9-5-3-6-10-17)24-14-18-11-7-4-8-12-18/h3-12H,1,13-15H2,2H3. The fourth-order valence-corrected chi connectivity index (χ4v) is 3.61. The van der Waals surface area contributed by atoms with Crippen LogP contribution in [0.25, 0.3) is 0 Å². The monoisotopic (exact) mass is 360 g/mol. The van der Waals surface area contributed by atoms with Gasteiger partial charge in [-0.2, -0.15) is 0 Å². The molecule has 0 unspecified atom stereocenters. The van der Waals surface area contributed by atoms with E-state index in [0.29, 0.717) is 0 Å². The van der Waals surface area contributed by atoms with E-state index in [1.807, 2.05) is 60.7 Å². The van der Waals surface area contributed by atoms with E-state index in [2.05, 4.69) is 11.3 Å². The van der Waals surface area contributed by atoms with Crippen LogP contribution in [0.1, 0.15) is 11.1 Å². The molecule has 2 aromatic rings. The van der Waals surface area contributed by atoms with Gasteiger partial charge in [0.05, 0.1) is 26.5 Å². The maximum Gasteiger partial charge on any atom is 0.335 e. The summed E-state index contributed by atoms with van der Waals surface area (Å²) in [7, 11) is -2.33. The number of benzene rings is 2. The molecule has 0 saturated heterocycles. The summed E-state index contributed by atoms with van der Waals surface area (Å²) in [5, 5.41) is 0. The fourth-order valence-electron chi connectivity index (χ4n) is 2.07. The quantitative estimate of drug-likeness (QED) is 0.378. The van der Waals surface area contributed by atoms with Crippen molar-refractivity contribution < 1.29 is 23.1 Å². The Labute approximate surface area is 147 Å². The highest BCUT2D eigenvalue weighted by atomic mass is 31.2. The molecule has 2 aromatic carbocycles. The second-order valence-corrected chi connectivity index (χ2v) is 7.44. The number of hydrogen-bond donors (Lipinski definition) is 0. The van der Waals surface area contributed by atoms with E-state index >= 15 is 0 Å². The highest BCUT2D eigenvalue weighted by Gasteiger charge is 2.29. The molecule has 0 radical (unpaired) electrons. The van der Waals surface area contributed by atoms with Crippen molar-refractivity contribution in [3.8, 4) is 0 Å². The zero-order valence-corrected chi connectivity index (χ0v) is 15.0. The average molecular weight is 360 g/mol. The van der Waals surface area contributed by atoms with E-state index in [9.17, 15) is 9.36 Å². The lowest BCUT2D eigenvalue weighted by atomic mass is 10.2. The molecule has 0 amide bonds. The Bertz CT molecular complexity index is 695. The van der Waals surface area contributed by atoms with Crippen LogP contribution in [-0.4, -0.2) is 19.2 Å². The summed E-state index contributed by atoms with van der Waals surface area (Å²) >= 11 is 0. The lowest BCUT2D eigenvalue weighted by molar-refractivity contribution is -0.136. The molecule has 25 heavy (non-hydrogen) atoms. The minimum atomic E-state index is -3.57. The summed E-state index contributed by atoms with van der Waals surface area (Å²) in [5.41, 5.74) is 1.76. The van der Waals surface area contributed by atoms with E-state index in [0.717, 1.165) is 11.1 Å². The fraction of sp³-hybridized carbons (Fsp3) is 0.211. The predicted octanol–water partition coefficient (Wildman–Crippen LogP) is 4.34. The normalized spacial score (nSPS) is 11.1. The van der Waals surface area contributed by atoms with Gasteiger partial charge >= 0.3 is 13.6 Å². The minimum absolute atomic E-state index is 0.0481. The number of esters is 1. The van der Waals surface area contributed by atoms with Crippen LogP contribution < -0.4 is 0 Å². The summed E-state index contributed by atoms with van der Waals surface area (Å²) in [4.78, 5) is 11.6. The molecule has 6 heteroatoms. The highest BCUT2D eigenvalue weighted by Crippen LogP contribution is 2.51. The molecule has 0 atom stereocenters. The van der Waals surface area contributed by atoms with Crippen LogP contribution in [0.4, 0.5) is 0 Å². The van der Waals surface area contributed by atoms with Crippen LogP contribution in [0.2, 0.25) is 0 Å². The molecule has 0 aliphatic heterocycles. The predicted molar refractivity (Wildman–Crippen MR) is 96.1 cm³/mol. The number of methoxy groups -OCH3 is 1. The largest absolute Gasteiger partial charge is 0.466 e. The van der Waals surface area contributed by atoms with Gasteiger partial charge < -0.3 is 13.8 Å². The molecule has 5 nitrogen and oxygen atoms in total. The molecule has 132 valence electrons. The van der Waals surface area contributed by atoms with Crippen molar-refractivity contribution in [1.29, 1.82) is 0 Å². The van der Waals surface area contributed by atoms with Gasteiger partial charge in [0.2, 0.25) is 0 Å². The minimum Gasteiger partial charge on any atom is -0.466 e.